The maximum absolute atomic E-state index is 10.7. The van der Waals surface area contributed by atoms with Gasteiger partial charge in [0.25, 0.3) is 0 Å². The zero-order valence-corrected chi connectivity index (χ0v) is 15.3. The van der Waals surface area contributed by atoms with Gasteiger partial charge in [0.1, 0.15) is 19.0 Å². The maximum Gasteiger partial charge on any atom is 0.302 e. The Kier molecular flexibility index (Phi) is 7.62. The van der Waals surface area contributed by atoms with Gasteiger partial charge in [-0.25, -0.2) is 0 Å². The van der Waals surface area contributed by atoms with E-state index in [2.05, 4.69) is 6.92 Å². The summed E-state index contributed by atoms with van der Waals surface area (Å²) in [5, 5.41) is 0. The van der Waals surface area contributed by atoms with Crippen molar-refractivity contribution >= 4 is 5.97 Å². The highest BCUT2D eigenvalue weighted by Gasteiger charge is 2.51. The summed E-state index contributed by atoms with van der Waals surface area (Å²) in [6.07, 6.45) is 4.01. The monoisotopic (exact) mass is 348 g/mol. The number of rotatable bonds is 11. The smallest absolute Gasteiger partial charge is 0.302 e. The van der Waals surface area contributed by atoms with Crippen LogP contribution in [0.2, 0.25) is 0 Å². The van der Waals surface area contributed by atoms with Gasteiger partial charge in [-0.2, -0.15) is 0 Å². The van der Waals surface area contributed by atoms with Crippen LogP contribution >= 0.6 is 0 Å². The highest BCUT2D eigenvalue weighted by atomic mass is 16.7. The summed E-state index contributed by atoms with van der Waals surface area (Å²) in [4.78, 5) is 10.7. The van der Waals surface area contributed by atoms with Crippen molar-refractivity contribution in [3.05, 3.63) is 47.5 Å². The molecule has 1 aromatic rings. The van der Waals surface area contributed by atoms with Gasteiger partial charge in [-0.15, -0.1) is 0 Å². The molecule has 1 aliphatic rings. The van der Waals surface area contributed by atoms with Crippen LogP contribution in [0.5, 0.6) is 0 Å². The Morgan fingerprint density at radius 3 is 2.72 bits per heavy atom. The maximum atomic E-state index is 10.7. The minimum atomic E-state index is -0.256. The van der Waals surface area contributed by atoms with Gasteiger partial charge in [0.15, 0.2) is 0 Å². The molecule has 1 aliphatic heterocycles. The molecule has 1 saturated heterocycles. The van der Waals surface area contributed by atoms with Gasteiger partial charge in [0, 0.05) is 6.92 Å². The van der Waals surface area contributed by atoms with Crippen LogP contribution in [0.4, 0.5) is 0 Å². The highest BCUT2D eigenvalue weighted by molar-refractivity contribution is 5.66. The summed E-state index contributed by atoms with van der Waals surface area (Å²) in [5.41, 5.74) is 2.12. The minimum Gasteiger partial charge on any atom is -0.462 e. The van der Waals surface area contributed by atoms with Gasteiger partial charge in [-0.05, 0) is 38.3 Å². The molecule has 1 heterocycles. The number of hydrogen-bond acceptors (Lipinski definition) is 5. The van der Waals surface area contributed by atoms with Crippen molar-refractivity contribution in [3.8, 4) is 0 Å². The van der Waals surface area contributed by atoms with Crippen LogP contribution in [0.15, 0.2) is 42.0 Å². The fourth-order valence-electron chi connectivity index (χ4n) is 2.58. The molecule has 0 radical (unpaired) electrons. The number of ether oxygens (including phenoxy) is 4. The average molecular weight is 348 g/mol. The highest BCUT2D eigenvalue weighted by Crippen LogP contribution is 2.40. The molecular weight excluding hydrogens is 320 g/mol. The first kappa shape index (κ1) is 19.6. The predicted molar refractivity (Wildman–Crippen MR) is 95.0 cm³/mol. The fraction of sp³-hybridized carbons (Fsp3) is 0.550. The summed E-state index contributed by atoms with van der Waals surface area (Å²) in [5.74, 6) is -0.256. The van der Waals surface area contributed by atoms with Crippen molar-refractivity contribution in [2.24, 2.45) is 0 Å². The Bertz CT molecular complexity index is 569. The quantitative estimate of drug-likeness (QED) is 0.201. The molecule has 1 aromatic carbocycles. The number of carbonyl (C=O) groups is 1. The molecule has 25 heavy (non-hydrogen) atoms. The lowest BCUT2D eigenvalue weighted by Crippen LogP contribution is -2.19. The van der Waals surface area contributed by atoms with E-state index in [-0.39, 0.29) is 24.5 Å². The molecule has 0 saturated carbocycles. The van der Waals surface area contributed by atoms with E-state index < -0.39 is 0 Å². The Hall–Kier alpha value is -1.69. The summed E-state index contributed by atoms with van der Waals surface area (Å²) in [7, 11) is 0. The van der Waals surface area contributed by atoms with E-state index in [1.165, 1.54) is 12.5 Å². The molecule has 0 spiro atoms. The van der Waals surface area contributed by atoms with Crippen LogP contribution in [0, 0.1) is 0 Å². The fourth-order valence-corrected chi connectivity index (χ4v) is 2.58. The van der Waals surface area contributed by atoms with E-state index in [0.717, 1.165) is 18.4 Å². The van der Waals surface area contributed by atoms with E-state index in [0.29, 0.717) is 19.8 Å². The number of esters is 1. The Labute approximate surface area is 149 Å². The molecule has 2 atom stereocenters. The van der Waals surface area contributed by atoms with Gasteiger partial charge in [0.05, 0.1) is 19.3 Å². The zero-order chi connectivity index (χ0) is 18.1. The second-order valence-electron chi connectivity index (χ2n) is 6.61. The molecule has 138 valence electrons. The second-order valence-corrected chi connectivity index (χ2v) is 6.61. The number of hydrogen-bond donors (Lipinski definition) is 0. The van der Waals surface area contributed by atoms with Crippen LogP contribution in [0.3, 0.4) is 0 Å². The molecular formula is C20H28O5. The van der Waals surface area contributed by atoms with E-state index in [4.69, 9.17) is 18.9 Å². The number of allylic oxidation sites excluding steroid dienone is 1. The van der Waals surface area contributed by atoms with Gasteiger partial charge in [-0.3, -0.25) is 4.79 Å². The number of benzene rings is 1. The van der Waals surface area contributed by atoms with E-state index in [1.54, 1.807) is 0 Å². The van der Waals surface area contributed by atoms with E-state index in [9.17, 15) is 4.79 Å². The molecule has 0 aromatic heterocycles. The normalized spacial score (nSPS) is 22.7. The molecule has 2 unspecified atom stereocenters. The third-order valence-corrected chi connectivity index (χ3v) is 4.22. The van der Waals surface area contributed by atoms with Crippen LogP contribution < -0.4 is 0 Å². The molecule has 0 N–H and O–H groups in total. The molecule has 0 amide bonds. The molecule has 0 aliphatic carbocycles. The number of epoxide rings is 1. The van der Waals surface area contributed by atoms with Crippen LogP contribution in [-0.2, 0) is 30.3 Å². The number of carbonyl (C=O) groups excluding carboxylic acids is 1. The standard InChI is InChI=1S/C20H28O5/c1-16(11-12-24-17(2)21)9-10-19-20(3,25-19)14-23-15-22-13-18-7-5-4-6-8-18/h4-8,11,19H,9-10,12-15H2,1-3H3/b16-11+. The Morgan fingerprint density at radius 1 is 1.24 bits per heavy atom. The average Bonchev–Trinajstić information content (AvgIpc) is 3.23. The van der Waals surface area contributed by atoms with E-state index >= 15 is 0 Å². The first-order valence-corrected chi connectivity index (χ1v) is 8.66. The lowest BCUT2D eigenvalue weighted by atomic mass is 10.0. The lowest BCUT2D eigenvalue weighted by Gasteiger charge is -2.09. The summed E-state index contributed by atoms with van der Waals surface area (Å²) in [6, 6.07) is 10.0. The third kappa shape index (κ3) is 7.38. The van der Waals surface area contributed by atoms with Gasteiger partial charge in [0.2, 0.25) is 0 Å². The summed E-state index contributed by atoms with van der Waals surface area (Å²) in [6.45, 7) is 7.20. The van der Waals surface area contributed by atoms with Crippen molar-refractivity contribution in [1.82, 2.24) is 0 Å². The minimum absolute atomic E-state index is 0.207. The van der Waals surface area contributed by atoms with Crippen LogP contribution in [-0.4, -0.2) is 37.7 Å². The van der Waals surface area contributed by atoms with Crippen molar-refractivity contribution in [2.45, 2.75) is 51.9 Å². The summed E-state index contributed by atoms with van der Waals surface area (Å²) < 4.78 is 21.8. The SMILES string of the molecule is CC(=O)OC/C=C(\C)CCC1OC1(C)COCOCc1ccccc1. The Balaban J connectivity index is 1.54. The molecule has 2 rings (SSSR count). The van der Waals surface area contributed by atoms with Crippen molar-refractivity contribution in [3.63, 3.8) is 0 Å². The molecule has 5 heteroatoms. The van der Waals surface area contributed by atoms with Crippen LogP contribution in [0.1, 0.15) is 39.2 Å². The summed E-state index contributed by atoms with van der Waals surface area (Å²) >= 11 is 0. The topological polar surface area (TPSA) is 57.3 Å². The lowest BCUT2D eigenvalue weighted by molar-refractivity contribution is -0.139. The van der Waals surface area contributed by atoms with Gasteiger partial charge in [-0.1, -0.05) is 35.9 Å². The molecule has 0 bridgehead atoms. The predicted octanol–water partition coefficient (Wildman–Crippen LogP) is 3.62. The second kappa shape index (κ2) is 9.70. The molecule has 1 fully saturated rings. The zero-order valence-electron chi connectivity index (χ0n) is 15.3. The first-order valence-electron chi connectivity index (χ1n) is 8.66. The Morgan fingerprint density at radius 2 is 2.00 bits per heavy atom. The van der Waals surface area contributed by atoms with Gasteiger partial charge < -0.3 is 18.9 Å². The molecule has 5 nitrogen and oxygen atoms in total. The van der Waals surface area contributed by atoms with Gasteiger partial charge >= 0.3 is 5.97 Å². The third-order valence-electron chi connectivity index (χ3n) is 4.22. The first-order chi connectivity index (χ1) is 12.0. The van der Waals surface area contributed by atoms with Crippen molar-refractivity contribution < 1.29 is 23.7 Å². The largest absolute Gasteiger partial charge is 0.462 e. The van der Waals surface area contributed by atoms with Crippen LogP contribution in [0.25, 0.3) is 0 Å². The van der Waals surface area contributed by atoms with E-state index in [1.807, 2.05) is 43.3 Å². The van der Waals surface area contributed by atoms with Crippen molar-refractivity contribution in [2.75, 3.05) is 20.0 Å². The van der Waals surface area contributed by atoms with Crippen molar-refractivity contribution in [1.29, 1.82) is 0 Å².